The van der Waals surface area contributed by atoms with E-state index < -0.39 is 10.9 Å². The Morgan fingerprint density at radius 1 is 1.39 bits per heavy atom. The number of oxazole rings is 1. The molecular weight excluding hydrogens is 400 g/mol. The Balaban J connectivity index is 1.53. The SMILES string of the molecule is COC(=O)/C=C/c1ccc(NCC2CCN(Cc3nc(C)c(C)o3)CC2)c([N+](=O)[O-])c1. The highest BCUT2D eigenvalue weighted by Crippen LogP contribution is 2.28. The number of carbonyl (C=O) groups excluding carboxylic acids is 1. The van der Waals surface area contributed by atoms with Gasteiger partial charge in [0.2, 0.25) is 5.89 Å². The molecule has 0 bridgehead atoms. The number of hydrogen-bond acceptors (Lipinski definition) is 8. The molecule has 1 N–H and O–H groups in total. The average molecular weight is 428 g/mol. The van der Waals surface area contributed by atoms with Gasteiger partial charge in [-0.1, -0.05) is 6.07 Å². The molecule has 0 saturated carbocycles. The van der Waals surface area contributed by atoms with Crippen LogP contribution in [0.4, 0.5) is 11.4 Å². The monoisotopic (exact) mass is 428 g/mol. The predicted molar refractivity (Wildman–Crippen MR) is 117 cm³/mol. The normalized spacial score (nSPS) is 15.3. The van der Waals surface area contributed by atoms with Crippen molar-refractivity contribution in [2.45, 2.75) is 33.2 Å². The first-order valence-corrected chi connectivity index (χ1v) is 10.3. The molecule has 1 aromatic heterocycles. The van der Waals surface area contributed by atoms with Crippen LogP contribution in [0.1, 0.15) is 35.7 Å². The van der Waals surface area contributed by atoms with Crippen molar-refractivity contribution in [3.8, 4) is 0 Å². The number of hydrogen-bond donors (Lipinski definition) is 1. The van der Waals surface area contributed by atoms with Gasteiger partial charge in [0.25, 0.3) is 5.69 Å². The smallest absolute Gasteiger partial charge is 0.330 e. The van der Waals surface area contributed by atoms with Gasteiger partial charge in [0.15, 0.2) is 0 Å². The molecule has 0 spiro atoms. The van der Waals surface area contributed by atoms with Gasteiger partial charge in [-0.25, -0.2) is 9.78 Å². The maximum absolute atomic E-state index is 11.5. The summed E-state index contributed by atoms with van der Waals surface area (Å²) in [4.78, 5) is 29.1. The van der Waals surface area contributed by atoms with Gasteiger partial charge in [0, 0.05) is 18.7 Å². The van der Waals surface area contributed by atoms with Crippen LogP contribution in [0.5, 0.6) is 0 Å². The van der Waals surface area contributed by atoms with E-state index in [-0.39, 0.29) is 5.69 Å². The number of nitro benzene ring substituents is 1. The van der Waals surface area contributed by atoms with Crippen LogP contribution in [0.3, 0.4) is 0 Å². The number of nitro groups is 1. The second-order valence-electron chi connectivity index (χ2n) is 7.74. The lowest BCUT2D eigenvalue weighted by molar-refractivity contribution is -0.384. The molecule has 1 aromatic carbocycles. The van der Waals surface area contributed by atoms with E-state index in [0.717, 1.165) is 43.3 Å². The molecule has 1 aliphatic heterocycles. The largest absolute Gasteiger partial charge is 0.466 e. The van der Waals surface area contributed by atoms with E-state index in [1.807, 2.05) is 13.8 Å². The lowest BCUT2D eigenvalue weighted by atomic mass is 9.96. The number of benzene rings is 1. The maximum Gasteiger partial charge on any atom is 0.330 e. The molecule has 9 heteroatoms. The van der Waals surface area contributed by atoms with Crippen LogP contribution in [-0.4, -0.2) is 47.5 Å². The van der Waals surface area contributed by atoms with Crippen molar-refractivity contribution in [3.05, 3.63) is 57.3 Å². The minimum Gasteiger partial charge on any atom is -0.466 e. The Kier molecular flexibility index (Phi) is 7.41. The summed E-state index contributed by atoms with van der Waals surface area (Å²) < 4.78 is 10.2. The average Bonchev–Trinajstić information content (AvgIpc) is 3.08. The van der Waals surface area contributed by atoms with Gasteiger partial charge in [0.05, 0.1) is 24.3 Å². The van der Waals surface area contributed by atoms with Crippen molar-refractivity contribution in [2.75, 3.05) is 32.1 Å². The predicted octanol–water partition coefficient (Wildman–Crippen LogP) is 3.71. The zero-order valence-electron chi connectivity index (χ0n) is 18.1. The van der Waals surface area contributed by atoms with Crippen molar-refractivity contribution in [1.82, 2.24) is 9.88 Å². The highest BCUT2D eigenvalue weighted by atomic mass is 16.6. The number of nitrogens with one attached hydrogen (secondary N) is 1. The van der Waals surface area contributed by atoms with Crippen molar-refractivity contribution in [3.63, 3.8) is 0 Å². The highest BCUT2D eigenvalue weighted by molar-refractivity contribution is 5.87. The zero-order valence-corrected chi connectivity index (χ0v) is 18.1. The fourth-order valence-electron chi connectivity index (χ4n) is 3.59. The summed E-state index contributed by atoms with van der Waals surface area (Å²) >= 11 is 0. The van der Waals surface area contributed by atoms with E-state index >= 15 is 0 Å². The number of carbonyl (C=O) groups is 1. The number of piperidine rings is 1. The molecule has 0 atom stereocenters. The zero-order chi connectivity index (χ0) is 22.4. The molecule has 1 aliphatic rings. The van der Waals surface area contributed by atoms with Crippen molar-refractivity contribution >= 4 is 23.4 Å². The molecule has 31 heavy (non-hydrogen) atoms. The number of ether oxygens (including phenoxy) is 1. The van der Waals surface area contributed by atoms with Crippen LogP contribution >= 0.6 is 0 Å². The van der Waals surface area contributed by atoms with Crippen molar-refractivity contribution in [2.24, 2.45) is 5.92 Å². The fourth-order valence-corrected chi connectivity index (χ4v) is 3.59. The maximum atomic E-state index is 11.5. The molecule has 1 fully saturated rings. The van der Waals surface area contributed by atoms with Gasteiger partial charge in [-0.2, -0.15) is 0 Å². The fraction of sp³-hybridized carbons (Fsp3) is 0.455. The van der Waals surface area contributed by atoms with Crippen LogP contribution < -0.4 is 5.32 Å². The van der Waals surface area contributed by atoms with Crippen LogP contribution in [0.15, 0.2) is 28.7 Å². The van der Waals surface area contributed by atoms with E-state index in [9.17, 15) is 14.9 Å². The Hall–Kier alpha value is -3.20. The Labute approximate surface area is 181 Å². The molecule has 9 nitrogen and oxygen atoms in total. The van der Waals surface area contributed by atoms with E-state index in [2.05, 4.69) is 19.9 Å². The lowest BCUT2D eigenvalue weighted by Gasteiger charge is -2.31. The second kappa shape index (κ2) is 10.2. The Morgan fingerprint density at radius 3 is 2.74 bits per heavy atom. The van der Waals surface area contributed by atoms with Crippen molar-refractivity contribution < 1.29 is 18.9 Å². The van der Waals surface area contributed by atoms with Gasteiger partial charge < -0.3 is 14.5 Å². The summed E-state index contributed by atoms with van der Waals surface area (Å²) in [7, 11) is 1.28. The minimum absolute atomic E-state index is 0.0147. The first kappa shape index (κ1) is 22.5. The molecule has 2 aromatic rings. The number of likely N-dealkylation sites (tertiary alicyclic amines) is 1. The molecule has 166 valence electrons. The van der Waals surface area contributed by atoms with Crippen LogP contribution in [0, 0.1) is 29.9 Å². The van der Waals surface area contributed by atoms with Crippen LogP contribution in [0.25, 0.3) is 6.08 Å². The number of aryl methyl sites for hydroxylation is 2. The number of methoxy groups -OCH3 is 1. The number of nitrogens with zero attached hydrogens (tertiary/aromatic N) is 3. The van der Waals surface area contributed by atoms with Gasteiger partial charge in [0.1, 0.15) is 11.4 Å². The molecule has 0 aliphatic carbocycles. The Morgan fingerprint density at radius 2 is 2.13 bits per heavy atom. The van der Waals surface area contributed by atoms with Crippen LogP contribution in [0.2, 0.25) is 0 Å². The lowest BCUT2D eigenvalue weighted by Crippen LogP contribution is -2.35. The summed E-state index contributed by atoms with van der Waals surface area (Å²) in [5.74, 6) is 1.54. The standard InChI is InChI=1S/C22H28N4O5/c1-15-16(2)31-21(24-15)14-25-10-8-18(9-11-25)13-23-19-6-4-17(5-7-22(27)30-3)12-20(19)26(28)29/h4-7,12,18,23H,8-11,13-14H2,1-3H3/b7-5+. The number of esters is 1. The quantitative estimate of drug-likeness (QED) is 0.293. The first-order valence-electron chi connectivity index (χ1n) is 10.3. The Bertz CT molecular complexity index is 941. The van der Waals surface area contributed by atoms with Gasteiger partial charge in [-0.3, -0.25) is 15.0 Å². The summed E-state index contributed by atoms with van der Waals surface area (Å²) in [6.45, 7) is 7.12. The van der Waals surface area contributed by atoms with Crippen LogP contribution in [-0.2, 0) is 16.1 Å². The molecule has 0 radical (unpaired) electrons. The highest BCUT2D eigenvalue weighted by Gasteiger charge is 2.22. The van der Waals surface area contributed by atoms with E-state index in [4.69, 9.17) is 4.42 Å². The summed E-state index contributed by atoms with van der Waals surface area (Å²) in [5, 5.41) is 14.7. The minimum atomic E-state index is -0.510. The molecule has 2 heterocycles. The third-order valence-corrected chi connectivity index (χ3v) is 5.55. The number of anilines is 1. The second-order valence-corrected chi connectivity index (χ2v) is 7.74. The third-order valence-electron chi connectivity index (χ3n) is 5.55. The van der Waals surface area contributed by atoms with Crippen molar-refractivity contribution in [1.29, 1.82) is 0 Å². The van der Waals surface area contributed by atoms with Gasteiger partial charge in [-0.05, 0) is 63.4 Å². The molecule has 3 rings (SSSR count). The number of rotatable bonds is 8. The van der Waals surface area contributed by atoms with E-state index in [1.54, 1.807) is 12.1 Å². The molecule has 0 unspecified atom stereocenters. The summed E-state index contributed by atoms with van der Waals surface area (Å²) in [5.41, 5.74) is 1.96. The van der Waals surface area contributed by atoms with E-state index in [0.29, 0.717) is 30.3 Å². The topological polar surface area (TPSA) is 111 Å². The van der Waals surface area contributed by atoms with Gasteiger partial charge >= 0.3 is 5.97 Å². The molecular formula is C22H28N4O5. The summed E-state index contributed by atoms with van der Waals surface area (Å²) in [6, 6.07) is 4.86. The summed E-state index contributed by atoms with van der Waals surface area (Å²) in [6.07, 6.45) is 4.73. The molecule has 1 saturated heterocycles. The number of aromatic nitrogens is 1. The molecule has 0 amide bonds. The first-order chi connectivity index (χ1) is 14.9. The third kappa shape index (κ3) is 6.14. The van der Waals surface area contributed by atoms with E-state index in [1.165, 1.54) is 25.3 Å². The van der Waals surface area contributed by atoms with Gasteiger partial charge in [-0.15, -0.1) is 0 Å².